The lowest BCUT2D eigenvalue weighted by Gasteiger charge is -2.08. The topological polar surface area (TPSA) is 56.2 Å². The van der Waals surface area contributed by atoms with Gasteiger partial charge in [0.05, 0.1) is 13.1 Å². The maximum absolute atomic E-state index is 10.9. The van der Waals surface area contributed by atoms with E-state index in [1.807, 2.05) is 4.90 Å². The van der Waals surface area contributed by atoms with Gasteiger partial charge in [-0.1, -0.05) is 4.90 Å². The summed E-state index contributed by atoms with van der Waals surface area (Å²) in [5, 5.41) is 14.3. The summed E-state index contributed by atoms with van der Waals surface area (Å²) in [7, 11) is 0. The Morgan fingerprint density at radius 2 is 2.27 bits per heavy atom. The van der Waals surface area contributed by atoms with Crippen LogP contribution >= 0.6 is 0 Å². The van der Waals surface area contributed by atoms with Crippen molar-refractivity contribution in [3.63, 3.8) is 0 Å². The van der Waals surface area contributed by atoms with Crippen molar-refractivity contribution in [2.45, 2.75) is 12.8 Å². The van der Waals surface area contributed by atoms with Crippen molar-refractivity contribution in [2.24, 2.45) is 0 Å². The Labute approximate surface area is 63.7 Å². The third kappa shape index (κ3) is 1.02. The number of aromatic nitrogens is 2. The first kappa shape index (κ1) is 6.45. The molecule has 11 heavy (non-hydrogen) atoms. The van der Waals surface area contributed by atoms with E-state index in [9.17, 15) is 5.21 Å². The van der Waals surface area contributed by atoms with Gasteiger partial charge in [0.15, 0.2) is 6.20 Å². The molecule has 0 unspecified atom stereocenters. The predicted octanol–water partition coefficient (Wildman–Crippen LogP) is -0.0918. The van der Waals surface area contributed by atoms with Gasteiger partial charge >= 0.3 is 0 Å². The second-order valence-electron chi connectivity index (χ2n) is 2.63. The van der Waals surface area contributed by atoms with E-state index in [0.717, 1.165) is 25.9 Å². The molecule has 0 saturated carbocycles. The van der Waals surface area contributed by atoms with Crippen LogP contribution in [0, 0.1) is 5.21 Å². The lowest BCUT2D eigenvalue weighted by Crippen LogP contribution is -2.33. The van der Waals surface area contributed by atoms with Gasteiger partial charge in [-0.25, -0.2) is 0 Å². The first-order valence-electron chi connectivity index (χ1n) is 3.67. The average molecular weight is 155 g/mol. The van der Waals surface area contributed by atoms with Crippen LogP contribution in [0.4, 0.5) is 5.82 Å². The van der Waals surface area contributed by atoms with Crippen molar-refractivity contribution in [3.05, 3.63) is 11.4 Å². The van der Waals surface area contributed by atoms with Crippen LogP contribution in [0.5, 0.6) is 0 Å². The second-order valence-corrected chi connectivity index (χ2v) is 2.63. The summed E-state index contributed by atoms with van der Waals surface area (Å²) in [6.07, 6.45) is 3.74. The van der Waals surface area contributed by atoms with E-state index in [1.165, 1.54) is 6.20 Å². The highest BCUT2D eigenvalue weighted by Crippen LogP contribution is 2.14. The molecule has 5 heteroatoms. The highest BCUT2D eigenvalue weighted by atomic mass is 16.8. The van der Waals surface area contributed by atoms with E-state index in [1.54, 1.807) is 0 Å². The Balaban J connectivity index is 2.21. The van der Waals surface area contributed by atoms with E-state index < -0.39 is 0 Å². The van der Waals surface area contributed by atoms with E-state index in [-0.39, 0.29) is 0 Å². The molecule has 0 bridgehead atoms. The standard InChI is InChI=1S/C6H9N3O2/c10-9-6(5-7-11-9)8-3-1-2-4-8/h5H,1-4H2. The molecule has 1 saturated heterocycles. The Hall–Kier alpha value is -1.26. The summed E-state index contributed by atoms with van der Waals surface area (Å²) in [6.45, 7) is 1.87. The maximum Gasteiger partial charge on any atom is 0.296 e. The highest BCUT2D eigenvalue weighted by molar-refractivity contribution is 5.30. The van der Waals surface area contributed by atoms with Crippen molar-refractivity contribution < 1.29 is 9.53 Å². The number of nitrogens with zero attached hydrogens (tertiary/aromatic N) is 3. The fraction of sp³-hybridized carbons (Fsp3) is 0.667. The van der Waals surface area contributed by atoms with Gasteiger partial charge in [-0.2, -0.15) is 0 Å². The largest absolute Gasteiger partial charge is 0.391 e. The van der Waals surface area contributed by atoms with Crippen molar-refractivity contribution in [1.29, 1.82) is 0 Å². The van der Waals surface area contributed by atoms with Gasteiger partial charge in [-0.15, -0.1) is 0 Å². The summed E-state index contributed by atoms with van der Waals surface area (Å²) in [5.41, 5.74) is 0. The molecule has 0 spiro atoms. The van der Waals surface area contributed by atoms with Crippen LogP contribution in [0.1, 0.15) is 12.8 Å². The monoisotopic (exact) mass is 155 g/mol. The van der Waals surface area contributed by atoms with E-state index in [2.05, 4.69) is 9.79 Å². The smallest absolute Gasteiger partial charge is 0.296 e. The molecule has 2 heterocycles. The summed E-state index contributed by atoms with van der Waals surface area (Å²) < 4.78 is 4.35. The van der Waals surface area contributed by atoms with Crippen molar-refractivity contribution in [2.75, 3.05) is 18.0 Å². The molecule has 0 amide bonds. The van der Waals surface area contributed by atoms with E-state index in [0.29, 0.717) is 10.7 Å². The average Bonchev–Trinajstić information content (AvgIpc) is 2.55. The Bertz CT molecular complexity index is 242. The van der Waals surface area contributed by atoms with Gasteiger partial charge < -0.3 is 9.84 Å². The lowest BCUT2D eigenvalue weighted by molar-refractivity contribution is -0.792. The van der Waals surface area contributed by atoms with Gasteiger partial charge in [0.1, 0.15) is 0 Å². The zero-order valence-electron chi connectivity index (χ0n) is 6.06. The van der Waals surface area contributed by atoms with Gasteiger partial charge in [0.25, 0.3) is 5.82 Å². The van der Waals surface area contributed by atoms with Crippen molar-refractivity contribution >= 4 is 5.82 Å². The Kier molecular flexibility index (Phi) is 1.41. The van der Waals surface area contributed by atoms with Gasteiger partial charge in [-0.05, 0) is 18.0 Å². The first-order chi connectivity index (χ1) is 5.38. The van der Waals surface area contributed by atoms with Crippen LogP contribution in [-0.2, 0) is 0 Å². The normalized spacial score (nSPS) is 17.6. The van der Waals surface area contributed by atoms with Crippen molar-refractivity contribution in [1.82, 2.24) is 5.16 Å². The summed E-state index contributed by atoms with van der Waals surface area (Å²) >= 11 is 0. The molecule has 2 rings (SSSR count). The van der Waals surface area contributed by atoms with Crippen LogP contribution in [0.2, 0.25) is 0 Å². The van der Waals surface area contributed by atoms with Gasteiger partial charge in [0, 0.05) is 0 Å². The highest BCUT2D eigenvalue weighted by Gasteiger charge is 2.21. The molecule has 60 valence electrons. The molecule has 0 radical (unpaired) electrons. The molecule has 1 aliphatic rings. The fourth-order valence-corrected chi connectivity index (χ4v) is 1.35. The molecular formula is C6H9N3O2. The minimum absolute atomic E-state index is 0.450. The SMILES string of the molecule is [O-][n+]1oncc1N1CCCC1. The molecule has 0 N–H and O–H groups in total. The third-order valence-corrected chi connectivity index (χ3v) is 1.91. The number of anilines is 1. The molecule has 0 aromatic carbocycles. The van der Waals surface area contributed by atoms with Crippen LogP contribution in [-0.4, -0.2) is 18.2 Å². The van der Waals surface area contributed by atoms with Crippen LogP contribution in [0.25, 0.3) is 0 Å². The minimum atomic E-state index is 0.450. The minimum Gasteiger partial charge on any atom is -0.391 e. The summed E-state index contributed by atoms with van der Waals surface area (Å²) in [6, 6.07) is 0. The quantitative estimate of drug-likeness (QED) is 0.532. The third-order valence-electron chi connectivity index (χ3n) is 1.91. The molecule has 5 nitrogen and oxygen atoms in total. The summed E-state index contributed by atoms with van der Waals surface area (Å²) in [4.78, 5) is 2.43. The van der Waals surface area contributed by atoms with Crippen LogP contribution in [0.3, 0.4) is 0 Å². The number of hydrogen-bond donors (Lipinski definition) is 0. The fourth-order valence-electron chi connectivity index (χ4n) is 1.35. The lowest BCUT2D eigenvalue weighted by atomic mass is 10.4. The van der Waals surface area contributed by atoms with Crippen molar-refractivity contribution in [3.8, 4) is 0 Å². The molecule has 1 fully saturated rings. The predicted molar refractivity (Wildman–Crippen MR) is 36.9 cm³/mol. The zero-order chi connectivity index (χ0) is 7.68. The number of hydrogen-bond acceptors (Lipinski definition) is 4. The Morgan fingerprint density at radius 1 is 1.55 bits per heavy atom. The molecule has 1 aromatic rings. The first-order valence-corrected chi connectivity index (χ1v) is 3.67. The van der Waals surface area contributed by atoms with Gasteiger partial charge in [-0.3, -0.25) is 4.90 Å². The molecule has 1 aromatic heterocycles. The molecule has 0 aliphatic carbocycles. The van der Waals surface area contributed by atoms with Gasteiger partial charge in [0.2, 0.25) is 0 Å². The van der Waals surface area contributed by atoms with E-state index >= 15 is 0 Å². The molecular weight excluding hydrogens is 146 g/mol. The molecule has 0 atom stereocenters. The van der Waals surface area contributed by atoms with E-state index in [4.69, 9.17) is 0 Å². The van der Waals surface area contributed by atoms with Crippen LogP contribution in [0.15, 0.2) is 10.8 Å². The van der Waals surface area contributed by atoms with Crippen LogP contribution < -0.4 is 9.80 Å². The maximum atomic E-state index is 10.9. The summed E-state index contributed by atoms with van der Waals surface area (Å²) in [5.74, 6) is 0.530. The number of rotatable bonds is 1. The molecule has 1 aliphatic heterocycles. The zero-order valence-corrected chi connectivity index (χ0v) is 6.06. The Morgan fingerprint density at radius 3 is 2.82 bits per heavy atom. The second kappa shape index (κ2) is 2.41.